The summed E-state index contributed by atoms with van der Waals surface area (Å²) in [5, 5.41) is 17.0. The lowest BCUT2D eigenvalue weighted by Crippen LogP contribution is -2.48. The average Bonchev–Trinajstić information content (AvgIpc) is 3.56. The topological polar surface area (TPSA) is 132 Å². The second-order valence-corrected chi connectivity index (χ2v) is 10.7. The predicted octanol–water partition coefficient (Wildman–Crippen LogP) is 4.30. The van der Waals surface area contributed by atoms with Crippen LogP contribution in [0.4, 0.5) is 11.4 Å². The fourth-order valence-corrected chi connectivity index (χ4v) is 5.48. The van der Waals surface area contributed by atoms with Gasteiger partial charge in [-0.1, -0.05) is 30.3 Å². The van der Waals surface area contributed by atoms with Crippen LogP contribution in [0.15, 0.2) is 90.6 Å². The zero-order valence-electron chi connectivity index (χ0n) is 22.6. The number of piperazine rings is 1. The molecule has 42 heavy (non-hydrogen) atoms. The summed E-state index contributed by atoms with van der Waals surface area (Å²) in [5.41, 5.74) is 2.44. The summed E-state index contributed by atoms with van der Waals surface area (Å²) in [7, 11) is 0. The number of hydrogen-bond acceptors (Lipinski definition) is 7. The van der Waals surface area contributed by atoms with Crippen molar-refractivity contribution in [1.82, 2.24) is 15.2 Å². The van der Waals surface area contributed by atoms with E-state index in [2.05, 4.69) is 20.5 Å². The van der Waals surface area contributed by atoms with Crippen molar-refractivity contribution in [2.45, 2.75) is 12.5 Å². The zero-order chi connectivity index (χ0) is 29.5. The van der Waals surface area contributed by atoms with E-state index >= 15 is 0 Å². The van der Waals surface area contributed by atoms with E-state index in [4.69, 9.17) is 0 Å². The summed E-state index contributed by atoms with van der Waals surface area (Å²) in [6.45, 7) is 2.09. The van der Waals surface area contributed by atoms with Crippen LogP contribution >= 0.6 is 11.3 Å². The van der Waals surface area contributed by atoms with E-state index in [1.807, 2.05) is 28.5 Å². The van der Waals surface area contributed by atoms with Gasteiger partial charge < -0.3 is 25.5 Å². The van der Waals surface area contributed by atoms with Crippen molar-refractivity contribution in [2.75, 3.05) is 36.4 Å². The Morgan fingerprint density at radius 3 is 2.33 bits per heavy atom. The van der Waals surface area contributed by atoms with Crippen molar-refractivity contribution < 1.29 is 24.3 Å². The van der Waals surface area contributed by atoms with Gasteiger partial charge in [-0.05, 0) is 53.4 Å². The van der Waals surface area contributed by atoms with Crippen LogP contribution in [-0.2, 0) is 4.79 Å². The molecule has 1 aliphatic rings. The van der Waals surface area contributed by atoms with Crippen LogP contribution in [0.2, 0.25) is 0 Å². The van der Waals surface area contributed by atoms with Gasteiger partial charge >= 0.3 is 5.97 Å². The summed E-state index contributed by atoms with van der Waals surface area (Å²) in [6, 6.07) is 20.0. The monoisotopic (exact) mass is 583 g/mol. The molecule has 0 aliphatic carbocycles. The quantitative estimate of drug-likeness (QED) is 0.268. The number of nitrogens with one attached hydrogen (secondary N) is 2. The number of carboxylic acids is 1. The summed E-state index contributed by atoms with van der Waals surface area (Å²) >= 11 is 1.41. The van der Waals surface area contributed by atoms with Gasteiger partial charge in [0.15, 0.2) is 0 Å². The van der Waals surface area contributed by atoms with Gasteiger partial charge in [0.1, 0.15) is 0 Å². The summed E-state index contributed by atoms with van der Waals surface area (Å²) in [6.07, 6.45) is 2.77. The number of nitrogens with zero attached hydrogens (tertiary/aromatic N) is 3. The maximum absolute atomic E-state index is 13.3. The standard InChI is InChI=1S/C31H29N5O5S/c37-28(38)19-24(23-8-4-12-32-20-23)33-30(40)22-10-11-26(25(18-22)34-29(39)21-6-2-1-3-7-21)35-13-15-36(16-14-35)31(41)27-9-5-17-42-27/h1-12,17-18,20,24H,13-16,19H2,(H,33,40)(H,34,39)(H,37,38). The minimum absolute atomic E-state index is 0.00111. The van der Waals surface area contributed by atoms with Crippen molar-refractivity contribution in [1.29, 1.82) is 0 Å². The van der Waals surface area contributed by atoms with Crippen LogP contribution in [-0.4, -0.2) is 64.9 Å². The van der Waals surface area contributed by atoms with Crippen LogP contribution in [0.3, 0.4) is 0 Å². The smallest absolute Gasteiger partial charge is 0.305 e. The molecule has 0 bridgehead atoms. The molecule has 1 saturated heterocycles. The molecule has 5 rings (SSSR count). The molecule has 3 N–H and O–H groups in total. The maximum atomic E-state index is 13.3. The Morgan fingerprint density at radius 1 is 0.881 bits per heavy atom. The van der Waals surface area contributed by atoms with E-state index in [0.717, 1.165) is 0 Å². The fraction of sp³-hybridized carbons (Fsp3) is 0.194. The molecule has 2 aromatic carbocycles. The average molecular weight is 584 g/mol. The summed E-state index contributed by atoms with van der Waals surface area (Å²) < 4.78 is 0. The van der Waals surface area contributed by atoms with E-state index in [0.29, 0.717) is 53.6 Å². The second kappa shape index (κ2) is 13.1. The normalized spacial score (nSPS) is 13.7. The zero-order valence-corrected chi connectivity index (χ0v) is 23.4. The molecule has 10 nitrogen and oxygen atoms in total. The molecular formula is C31H29N5O5S. The molecule has 3 amide bonds. The molecule has 11 heteroatoms. The van der Waals surface area contributed by atoms with Crippen LogP contribution in [0.25, 0.3) is 0 Å². The summed E-state index contributed by atoms with van der Waals surface area (Å²) in [4.78, 5) is 59.4. The molecule has 4 aromatic rings. The highest BCUT2D eigenvalue weighted by Gasteiger charge is 2.26. The number of hydrogen-bond donors (Lipinski definition) is 3. The summed E-state index contributed by atoms with van der Waals surface area (Å²) in [5.74, 6) is -1.89. The third kappa shape index (κ3) is 6.81. The van der Waals surface area contributed by atoms with Gasteiger partial charge in [-0.3, -0.25) is 24.2 Å². The third-order valence-corrected chi connectivity index (χ3v) is 7.81. The Labute approximate surface area is 246 Å². The van der Waals surface area contributed by atoms with E-state index < -0.39 is 17.9 Å². The van der Waals surface area contributed by atoms with Gasteiger partial charge in [-0.15, -0.1) is 11.3 Å². The number of carboxylic acid groups (broad SMARTS) is 1. The van der Waals surface area contributed by atoms with E-state index in [1.54, 1.807) is 60.8 Å². The molecule has 0 radical (unpaired) electrons. The third-order valence-electron chi connectivity index (χ3n) is 6.95. The molecule has 1 atom stereocenters. The number of aliphatic carboxylic acids is 1. The first-order chi connectivity index (χ1) is 20.4. The maximum Gasteiger partial charge on any atom is 0.305 e. The van der Waals surface area contributed by atoms with Crippen molar-refractivity contribution in [2.24, 2.45) is 0 Å². The highest BCUT2D eigenvalue weighted by atomic mass is 32.1. The number of amides is 3. The predicted molar refractivity (Wildman–Crippen MR) is 160 cm³/mol. The van der Waals surface area contributed by atoms with Gasteiger partial charge in [0.2, 0.25) is 0 Å². The number of carbonyl (C=O) groups excluding carboxylic acids is 3. The number of rotatable bonds is 9. The lowest BCUT2D eigenvalue weighted by molar-refractivity contribution is -0.137. The Bertz CT molecular complexity index is 1560. The molecule has 0 spiro atoms. The number of carbonyl (C=O) groups is 4. The first-order valence-electron chi connectivity index (χ1n) is 13.4. The molecule has 214 valence electrons. The first-order valence-corrected chi connectivity index (χ1v) is 14.3. The minimum atomic E-state index is -1.06. The van der Waals surface area contributed by atoms with Gasteiger partial charge in [-0.25, -0.2) is 0 Å². The largest absolute Gasteiger partial charge is 0.481 e. The highest BCUT2D eigenvalue weighted by Crippen LogP contribution is 2.30. The molecule has 1 fully saturated rings. The molecular weight excluding hydrogens is 554 g/mol. The lowest BCUT2D eigenvalue weighted by atomic mass is 10.0. The van der Waals surface area contributed by atoms with Crippen LogP contribution in [0.1, 0.15) is 48.4 Å². The Hall–Kier alpha value is -5.03. The SMILES string of the molecule is O=C(O)CC(NC(=O)c1ccc(N2CCN(C(=O)c3cccs3)CC2)c(NC(=O)c2ccccc2)c1)c1cccnc1. The van der Waals surface area contributed by atoms with Crippen LogP contribution in [0.5, 0.6) is 0 Å². The van der Waals surface area contributed by atoms with E-state index in [-0.39, 0.29) is 23.8 Å². The first kappa shape index (κ1) is 28.5. The minimum Gasteiger partial charge on any atom is -0.481 e. The fourth-order valence-electron chi connectivity index (χ4n) is 4.79. The van der Waals surface area contributed by atoms with Gasteiger partial charge in [0.25, 0.3) is 17.7 Å². The number of pyridine rings is 1. The number of thiophene rings is 1. The van der Waals surface area contributed by atoms with Crippen molar-refractivity contribution >= 4 is 46.4 Å². The Morgan fingerprint density at radius 2 is 1.67 bits per heavy atom. The van der Waals surface area contributed by atoms with Crippen LogP contribution < -0.4 is 15.5 Å². The van der Waals surface area contributed by atoms with E-state index in [9.17, 15) is 24.3 Å². The molecule has 2 aromatic heterocycles. The highest BCUT2D eigenvalue weighted by molar-refractivity contribution is 7.12. The second-order valence-electron chi connectivity index (χ2n) is 9.72. The number of aromatic nitrogens is 1. The Kier molecular flexibility index (Phi) is 8.88. The molecule has 1 unspecified atom stereocenters. The van der Waals surface area contributed by atoms with Crippen LogP contribution in [0, 0.1) is 0 Å². The van der Waals surface area contributed by atoms with Gasteiger partial charge in [0, 0.05) is 49.7 Å². The van der Waals surface area contributed by atoms with Gasteiger partial charge in [-0.2, -0.15) is 0 Å². The Balaban J connectivity index is 1.38. The van der Waals surface area contributed by atoms with Crippen molar-refractivity contribution in [3.63, 3.8) is 0 Å². The molecule has 1 aliphatic heterocycles. The number of benzene rings is 2. The van der Waals surface area contributed by atoms with Crippen molar-refractivity contribution in [3.8, 4) is 0 Å². The lowest BCUT2D eigenvalue weighted by Gasteiger charge is -2.37. The molecule has 3 heterocycles. The van der Waals surface area contributed by atoms with Gasteiger partial charge in [0.05, 0.1) is 28.7 Å². The van der Waals surface area contributed by atoms with E-state index in [1.165, 1.54) is 17.5 Å². The number of anilines is 2. The van der Waals surface area contributed by atoms with Crippen molar-refractivity contribution in [3.05, 3.63) is 112 Å². The molecule has 0 saturated carbocycles.